The van der Waals surface area contributed by atoms with Gasteiger partial charge in [0.15, 0.2) is 0 Å². The molecule has 1 amide bonds. The van der Waals surface area contributed by atoms with Crippen molar-refractivity contribution >= 4 is 23.3 Å². The lowest BCUT2D eigenvalue weighted by Crippen LogP contribution is -2.35. The third-order valence-electron chi connectivity index (χ3n) is 6.04. The van der Waals surface area contributed by atoms with Gasteiger partial charge < -0.3 is 19.3 Å². The molecule has 160 valence electrons. The molecule has 1 aromatic heterocycles. The van der Waals surface area contributed by atoms with Gasteiger partial charge in [-0.2, -0.15) is 0 Å². The van der Waals surface area contributed by atoms with Crippen LogP contribution in [0.25, 0.3) is 0 Å². The molecule has 0 radical (unpaired) electrons. The van der Waals surface area contributed by atoms with Crippen LogP contribution in [0.4, 0.5) is 5.82 Å². The molecule has 0 N–H and O–H groups in total. The number of nitrogens with zero attached hydrogens (tertiary/aromatic N) is 3. The molecule has 0 saturated carbocycles. The molecule has 7 heteroatoms. The van der Waals surface area contributed by atoms with Gasteiger partial charge >= 0.3 is 0 Å². The topological polar surface area (TPSA) is 54.9 Å². The molecule has 2 aromatic rings. The predicted molar refractivity (Wildman–Crippen MR) is 118 cm³/mol. The number of methoxy groups -OCH3 is 2. The zero-order valence-corrected chi connectivity index (χ0v) is 18.3. The van der Waals surface area contributed by atoms with E-state index in [1.807, 2.05) is 23.1 Å². The number of carbonyl (C=O) groups excluding carboxylic acids is 1. The highest BCUT2D eigenvalue weighted by atomic mass is 35.5. The summed E-state index contributed by atoms with van der Waals surface area (Å²) in [6, 6.07) is 7.77. The fraction of sp³-hybridized carbons (Fsp3) is 0.478. The van der Waals surface area contributed by atoms with E-state index in [1.165, 1.54) is 6.42 Å². The number of likely N-dealkylation sites (tertiary alicyclic amines) is 1. The Morgan fingerprint density at radius 1 is 1.07 bits per heavy atom. The van der Waals surface area contributed by atoms with Gasteiger partial charge in [0.05, 0.1) is 30.8 Å². The van der Waals surface area contributed by atoms with Crippen LogP contribution < -0.4 is 14.4 Å². The molecule has 1 atom stereocenters. The van der Waals surface area contributed by atoms with Crippen LogP contribution in [0.1, 0.15) is 54.1 Å². The Bertz CT molecular complexity index is 915. The number of ether oxygens (including phenoxy) is 2. The lowest BCUT2D eigenvalue weighted by Gasteiger charge is -2.29. The second-order valence-corrected chi connectivity index (χ2v) is 8.25. The van der Waals surface area contributed by atoms with Gasteiger partial charge in [0.1, 0.15) is 17.3 Å². The zero-order valence-electron chi connectivity index (χ0n) is 17.6. The molecule has 1 aromatic carbocycles. The molecule has 4 rings (SSSR count). The third kappa shape index (κ3) is 4.06. The van der Waals surface area contributed by atoms with E-state index in [9.17, 15) is 4.79 Å². The van der Waals surface area contributed by atoms with Gasteiger partial charge in [-0.3, -0.25) is 4.79 Å². The highest BCUT2D eigenvalue weighted by Gasteiger charge is 2.31. The first-order valence-corrected chi connectivity index (χ1v) is 10.9. The van der Waals surface area contributed by atoms with Gasteiger partial charge in [-0.05, 0) is 50.3 Å². The molecule has 0 aliphatic carbocycles. The van der Waals surface area contributed by atoms with Crippen LogP contribution in [0.2, 0.25) is 5.02 Å². The van der Waals surface area contributed by atoms with Crippen molar-refractivity contribution < 1.29 is 14.3 Å². The van der Waals surface area contributed by atoms with Gasteiger partial charge in [0.2, 0.25) is 0 Å². The van der Waals surface area contributed by atoms with Crippen LogP contribution in [0.15, 0.2) is 30.5 Å². The third-order valence-corrected chi connectivity index (χ3v) is 6.31. The summed E-state index contributed by atoms with van der Waals surface area (Å²) >= 11 is 6.64. The van der Waals surface area contributed by atoms with E-state index in [0.29, 0.717) is 16.4 Å². The van der Waals surface area contributed by atoms with Crippen LogP contribution in [-0.2, 0) is 0 Å². The van der Waals surface area contributed by atoms with E-state index < -0.39 is 0 Å². The predicted octanol–water partition coefficient (Wildman–Crippen LogP) is 4.72. The van der Waals surface area contributed by atoms with Crippen LogP contribution in [-0.4, -0.2) is 49.6 Å². The molecule has 1 unspecified atom stereocenters. The Labute approximate surface area is 182 Å². The fourth-order valence-corrected chi connectivity index (χ4v) is 4.75. The van der Waals surface area contributed by atoms with Gasteiger partial charge in [-0.15, -0.1) is 0 Å². The number of amides is 1. The molecular weight excluding hydrogens is 402 g/mol. The van der Waals surface area contributed by atoms with Gasteiger partial charge in [0.25, 0.3) is 5.91 Å². The van der Waals surface area contributed by atoms with Crippen LogP contribution in [0.3, 0.4) is 0 Å². The average molecular weight is 430 g/mol. The summed E-state index contributed by atoms with van der Waals surface area (Å²) in [4.78, 5) is 21.5. The fourth-order valence-electron chi connectivity index (χ4n) is 4.48. The average Bonchev–Trinajstić information content (AvgIpc) is 3.27. The number of anilines is 1. The summed E-state index contributed by atoms with van der Waals surface area (Å²) in [7, 11) is 3.32. The number of rotatable bonds is 5. The highest BCUT2D eigenvalue weighted by molar-refractivity contribution is 6.33. The van der Waals surface area contributed by atoms with Crippen molar-refractivity contribution in [1.82, 2.24) is 9.88 Å². The molecule has 3 heterocycles. The van der Waals surface area contributed by atoms with E-state index in [1.54, 1.807) is 26.5 Å². The minimum Gasteiger partial charge on any atom is -0.497 e. The Balaban J connectivity index is 1.59. The summed E-state index contributed by atoms with van der Waals surface area (Å²) in [5.41, 5.74) is 1.64. The maximum Gasteiger partial charge on any atom is 0.255 e. The maximum absolute atomic E-state index is 12.8. The standard InChI is InChI=1S/C23H28ClN3O3/c1-29-17-8-9-18(21(14-17)30-2)20-7-6-12-27(20)22-19(24)13-16(15-25-22)23(28)26-10-4-3-5-11-26/h8-9,13-15,20H,3-7,10-12H2,1-2H3. The summed E-state index contributed by atoms with van der Waals surface area (Å²) in [5.74, 6) is 2.29. The molecule has 2 saturated heterocycles. The van der Waals surface area contributed by atoms with Gasteiger partial charge in [-0.25, -0.2) is 4.98 Å². The molecule has 0 bridgehead atoms. The summed E-state index contributed by atoms with van der Waals surface area (Å²) in [6.45, 7) is 2.47. The molecule has 30 heavy (non-hydrogen) atoms. The Kier molecular flexibility index (Phi) is 6.32. The number of benzene rings is 1. The van der Waals surface area contributed by atoms with Gasteiger partial charge in [-0.1, -0.05) is 11.6 Å². The van der Waals surface area contributed by atoms with Crippen molar-refractivity contribution in [3.63, 3.8) is 0 Å². The Morgan fingerprint density at radius 3 is 2.57 bits per heavy atom. The van der Waals surface area contributed by atoms with E-state index >= 15 is 0 Å². The first kappa shape index (κ1) is 20.8. The number of aromatic nitrogens is 1. The van der Waals surface area contributed by atoms with Gasteiger partial charge in [0, 0.05) is 37.5 Å². The zero-order chi connectivity index (χ0) is 21.1. The molecule has 2 aliphatic rings. The van der Waals surface area contributed by atoms with E-state index in [0.717, 1.165) is 62.4 Å². The lowest BCUT2D eigenvalue weighted by molar-refractivity contribution is 0.0724. The molecule has 6 nitrogen and oxygen atoms in total. The number of carbonyl (C=O) groups is 1. The quantitative estimate of drug-likeness (QED) is 0.688. The number of hydrogen-bond acceptors (Lipinski definition) is 5. The first-order chi connectivity index (χ1) is 14.6. The normalized spacial score (nSPS) is 19.1. The van der Waals surface area contributed by atoms with Crippen molar-refractivity contribution in [2.24, 2.45) is 0 Å². The smallest absolute Gasteiger partial charge is 0.255 e. The Hall–Kier alpha value is -2.47. The largest absolute Gasteiger partial charge is 0.497 e. The van der Waals surface area contributed by atoms with Crippen LogP contribution >= 0.6 is 11.6 Å². The first-order valence-electron chi connectivity index (χ1n) is 10.6. The monoisotopic (exact) mass is 429 g/mol. The molecule has 2 fully saturated rings. The highest BCUT2D eigenvalue weighted by Crippen LogP contribution is 2.42. The minimum absolute atomic E-state index is 0.0189. The number of pyridine rings is 1. The van der Waals surface area contributed by atoms with Crippen molar-refractivity contribution in [3.8, 4) is 11.5 Å². The van der Waals surface area contributed by atoms with E-state index in [4.69, 9.17) is 21.1 Å². The Morgan fingerprint density at radius 2 is 1.87 bits per heavy atom. The van der Waals surface area contributed by atoms with Crippen molar-refractivity contribution in [2.45, 2.75) is 38.1 Å². The van der Waals surface area contributed by atoms with Crippen molar-refractivity contribution in [1.29, 1.82) is 0 Å². The van der Waals surface area contributed by atoms with E-state index in [2.05, 4.69) is 9.88 Å². The maximum atomic E-state index is 12.8. The minimum atomic E-state index is 0.0189. The summed E-state index contributed by atoms with van der Waals surface area (Å²) in [6.07, 6.45) is 6.99. The van der Waals surface area contributed by atoms with Crippen LogP contribution in [0.5, 0.6) is 11.5 Å². The molecule has 0 spiro atoms. The summed E-state index contributed by atoms with van der Waals surface area (Å²) in [5, 5.41) is 0.511. The number of piperidine rings is 1. The molecule has 2 aliphatic heterocycles. The van der Waals surface area contributed by atoms with E-state index in [-0.39, 0.29) is 11.9 Å². The van der Waals surface area contributed by atoms with Crippen molar-refractivity contribution in [3.05, 3.63) is 46.6 Å². The van der Waals surface area contributed by atoms with Crippen molar-refractivity contribution in [2.75, 3.05) is 38.8 Å². The second kappa shape index (κ2) is 9.13. The summed E-state index contributed by atoms with van der Waals surface area (Å²) < 4.78 is 10.9. The number of hydrogen-bond donors (Lipinski definition) is 0. The van der Waals surface area contributed by atoms with Crippen LogP contribution in [0, 0.1) is 0 Å². The molecular formula is C23H28ClN3O3. The number of halogens is 1. The SMILES string of the molecule is COc1ccc(C2CCCN2c2ncc(C(=O)N3CCCCC3)cc2Cl)c(OC)c1. The second-order valence-electron chi connectivity index (χ2n) is 7.84. The lowest BCUT2D eigenvalue weighted by atomic mass is 10.0.